The van der Waals surface area contributed by atoms with E-state index in [1.807, 2.05) is 38.1 Å². The van der Waals surface area contributed by atoms with Gasteiger partial charge in [-0.3, -0.25) is 9.59 Å². The van der Waals surface area contributed by atoms with Gasteiger partial charge in [-0.1, -0.05) is 36.8 Å². The molecule has 0 aliphatic heterocycles. The number of carbonyl (C=O) groups is 2. The molecule has 0 saturated heterocycles. The molecule has 2 aromatic rings. The fourth-order valence-electron chi connectivity index (χ4n) is 2.71. The number of nitrogens with one attached hydrogen (secondary N) is 2. The first-order valence-electron chi connectivity index (χ1n) is 9.00. The quantitative estimate of drug-likeness (QED) is 0.685. The zero-order valence-corrected chi connectivity index (χ0v) is 15.5. The number of aryl methyl sites for hydroxylation is 1. The van der Waals surface area contributed by atoms with Crippen molar-refractivity contribution in [1.82, 2.24) is 10.6 Å². The Balaban J connectivity index is 1.76. The van der Waals surface area contributed by atoms with E-state index in [1.165, 1.54) is 0 Å². The van der Waals surface area contributed by atoms with Crippen LogP contribution in [0.4, 0.5) is 8.78 Å². The van der Waals surface area contributed by atoms with Crippen molar-refractivity contribution in [2.75, 3.05) is 6.54 Å². The Morgan fingerprint density at radius 2 is 1.78 bits per heavy atom. The lowest BCUT2D eigenvalue weighted by atomic mass is 10.0. The molecule has 0 bridgehead atoms. The average molecular weight is 374 g/mol. The van der Waals surface area contributed by atoms with Crippen LogP contribution in [-0.4, -0.2) is 18.4 Å². The number of halogens is 2. The lowest BCUT2D eigenvalue weighted by Gasteiger charge is -2.18. The van der Waals surface area contributed by atoms with E-state index in [4.69, 9.17) is 0 Å². The van der Waals surface area contributed by atoms with Crippen LogP contribution in [0.25, 0.3) is 0 Å². The standard InChI is InChI=1S/C21H24F2N2O2/c1-3-19(15-8-6-14(2)7-9-15)25-20(26)5-4-12-24-21(27)17-11-10-16(22)13-18(17)23/h6-11,13,19H,3-5,12H2,1-2H3,(H,24,27)(H,25,26)/t19-/m1/s1. The topological polar surface area (TPSA) is 58.2 Å². The lowest BCUT2D eigenvalue weighted by Crippen LogP contribution is -2.30. The number of hydrogen-bond donors (Lipinski definition) is 2. The van der Waals surface area contributed by atoms with E-state index in [0.717, 1.165) is 29.7 Å². The largest absolute Gasteiger partial charge is 0.352 e. The van der Waals surface area contributed by atoms with E-state index in [9.17, 15) is 18.4 Å². The molecule has 0 aromatic heterocycles. The van der Waals surface area contributed by atoms with Gasteiger partial charge in [-0.15, -0.1) is 0 Å². The summed E-state index contributed by atoms with van der Waals surface area (Å²) in [5.74, 6) is -2.38. The van der Waals surface area contributed by atoms with Gasteiger partial charge in [0.2, 0.25) is 5.91 Å². The number of amides is 2. The third-order valence-electron chi connectivity index (χ3n) is 4.27. The minimum atomic E-state index is -0.908. The van der Waals surface area contributed by atoms with Crippen molar-refractivity contribution in [3.63, 3.8) is 0 Å². The maximum Gasteiger partial charge on any atom is 0.254 e. The molecule has 0 unspecified atom stereocenters. The Hall–Kier alpha value is -2.76. The maximum absolute atomic E-state index is 13.5. The molecule has 0 radical (unpaired) electrons. The zero-order valence-electron chi connectivity index (χ0n) is 15.5. The van der Waals surface area contributed by atoms with Crippen LogP contribution in [0.1, 0.15) is 53.7 Å². The highest BCUT2D eigenvalue weighted by Gasteiger charge is 2.14. The predicted octanol–water partition coefficient (Wildman–Crippen LogP) is 4.05. The van der Waals surface area contributed by atoms with Crippen molar-refractivity contribution < 1.29 is 18.4 Å². The summed E-state index contributed by atoms with van der Waals surface area (Å²) in [5.41, 5.74) is 2.00. The van der Waals surface area contributed by atoms with Gasteiger partial charge in [0, 0.05) is 19.0 Å². The molecular formula is C21H24F2N2O2. The summed E-state index contributed by atoms with van der Waals surface area (Å²) in [4.78, 5) is 24.0. The fraction of sp³-hybridized carbons (Fsp3) is 0.333. The molecule has 0 heterocycles. The summed E-state index contributed by atoms with van der Waals surface area (Å²) in [6, 6.07) is 10.8. The first-order valence-corrected chi connectivity index (χ1v) is 9.00. The van der Waals surface area contributed by atoms with E-state index in [-0.39, 0.29) is 30.5 Å². The highest BCUT2D eigenvalue weighted by atomic mass is 19.1. The van der Waals surface area contributed by atoms with Crippen molar-refractivity contribution in [3.8, 4) is 0 Å². The third-order valence-corrected chi connectivity index (χ3v) is 4.27. The molecule has 4 nitrogen and oxygen atoms in total. The van der Waals surface area contributed by atoms with Crippen LogP contribution in [0.5, 0.6) is 0 Å². The second kappa shape index (κ2) is 9.80. The van der Waals surface area contributed by atoms with E-state index in [2.05, 4.69) is 10.6 Å². The molecule has 27 heavy (non-hydrogen) atoms. The van der Waals surface area contributed by atoms with Crippen molar-refractivity contribution >= 4 is 11.8 Å². The van der Waals surface area contributed by atoms with Crippen molar-refractivity contribution in [1.29, 1.82) is 0 Å². The Morgan fingerprint density at radius 1 is 1.07 bits per heavy atom. The van der Waals surface area contributed by atoms with E-state index in [1.54, 1.807) is 0 Å². The van der Waals surface area contributed by atoms with Crippen LogP contribution in [0.15, 0.2) is 42.5 Å². The van der Waals surface area contributed by atoms with Gasteiger partial charge in [-0.25, -0.2) is 8.78 Å². The average Bonchev–Trinajstić information content (AvgIpc) is 2.64. The summed E-state index contributed by atoms with van der Waals surface area (Å²) in [6.07, 6.45) is 1.44. The van der Waals surface area contributed by atoms with Crippen LogP contribution >= 0.6 is 0 Å². The van der Waals surface area contributed by atoms with Gasteiger partial charge in [0.05, 0.1) is 11.6 Å². The monoisotopic (exact) mass is 374 g/mol. The van der Waals surface area contributed by atoms with Crippen molar-refractivity contribution in [3.05, 3.63) is 70.8 Å². The number of rotatable bonds is 8. The smallest absolute Gasteiger partial charge is 0.254 e. The van der Waals surface area contributed by atoms with Crippen molar-refractivity contribution in [2.24, 2.45) is 0 Å². The summed E-state index contributed by atoms with van der Waals surface area (Å²) < 4.78 is 26.4. The summed E-state index contributed by atoms with van der Waals surface area (Å²) in [7, 11) is 0. The van der Waals surface area contributed by atoms with Crippen LogP contribution in [0, 0.1) is 18.6 Å². The Kier molecular flexibility index (Phi) is 7.46. The first kappa shape index (κ1) is 20.6. The van der Waals surface area contributed by atoms with Crippen LogP contribution in [0.2, 0.25) is 0 Å². The second-order valence-corrected chi connectivity index (χ2v) is 6.42. The minimum absolute atomic E-state index is 0.0546. The normalized spacial score (nSPS) is 11.7. The number of carbonyl (C=O) groups excluding carboxylic acids is 2. The second-order valence-electron chi connectivity index (χ2n) is 6.42. The molecule has 2 rings (SSSR count). The molecule has 144 valence electrons. The van der Waals surface area contributed by atoms with E-state index in [0.29, 0.717) is 12.5 Å². The van der Waals surface area contributed by atoms with Gasteiger partial charge >= 0.3 is 0 Å². The highest BCUT2D eigenvalue weighted by molar-refractivity contribution is 5.94. The summed E-state index contributed by atoms with van der Waals surface area (Å²) in [5, 5.41) is 5.52. The maximum atomic E-state index is 13.5. The highest BCUT2D eigenvalue weighted by Crippen LogP contribution is 2.17. The molecule has 0 aliphatic carbocycles. The molecule has 0 saturated carbocycles. The van der Waals surface area contributed by atoms with Gasteiger partial charge in [0.15, 0.2) is 0 Å². The van der Waals surface area contributed by atoms with E-state index < -0.39 is 17.5 Å². The Bertz CT molecular complexity index is 791. The summed E-state index contributed by atoms with van der Waals surface area (Å²) in [6.45, 7) is 4.24. The molecular weight excluding hydrogens is 350 g/mol. The molecule has 2 aromatic carbocycles. The molecule has 0 fully saturated rings. The van der Waals surface area contributed by atoms with Crippen LogP contribution in [0.3, 0.4) is 0 Å². The zero-order chi connectivity index (χ0) is 19.8. The van der Waals surface area contributed by atoms with Crippen LogP contribution in [-0.2, 0) is 4.79 Å². The molecule has 1 atom stereocenters. The fourth-order valence-corrected chi connectivity index (χ4v) is 2.71. The van der Waals surface area contributed by atoms with Gasteiger partial charge in [0.25, 0.3) is 5.91 Å². The van der Waals surface area contributed by atoms with Gasteiger partial charge in [0.1, 0.15) is 11.6 Å². The van der Waals surface area contributed by atoms with Gasteiger partial charge in [-0.2, -0.15) is 0 Å². The van der Waals surface area contributed by atoms with E-state index >= 15 is 0 Å². The lowest BCUT2D eigenvalue weighted by molar-refractivity contribution is -0.122. The van der Waals surface area contributed by atoms with Crippen molar-refractivity contribution in [2.45, 2.75) is 39.2 Å². The summed E-state index contributed by atoms with van der Waals surface area (Å²) >= 11 is 0. The SMILES string of the molecule is CC[C@@H](NC(=O)CCCNC(=O)c1ccc(F)cc1F)c1ccc(C)cc1. The molecule has 2 N–H and O–H groups in total. The minimum Gasteiger partial charge on any atom is -0.352 e. The third kappa shape index (κ3) is 6.16. The van der Waals surface area contributed by atoms with Gasteiger partial charge < -0.3 is 10.6 Å². The molecule has 0 aliphatic rings. The Labute approximate surface area is 158 Å². The Morgan fingerprint density at radius 3 is 2.41 bits per heavy atom. The molecule has 0 spiro atoms. The predicted molar refractivity (Wildman–Crippen MR) is 100 cm³/mol. The molecule has 2 amide bonds. The van der Waals surface area contributed by atoms with Crippen LogP contribution < -0.4 is 10.6 Å². The molecule has 6 heteroatoms. The first-order chi connectivity index (χ1) is 12.9. The number of benzene rings is 2. The number of hydrogen-bond acceptors (Lipinski definition) is 2. The van der Waals surface area contributed by atoms with Gasteiger partial charge in [-0.05, 0) is 37.5 Å².